The average Bonchev–Trinajstić information content (AvgIpc) is 3.27. The summed E-state index contributed by atoms with van der Waals surface area (Å²) in [7, 11) is -4.39. The summed E-state index contributed by atoms with van der Waals surface area (Å²) in [6.07, 6.45) is 1.69. The van der Waals surface area contributed by atoms with Gasteiger partial charge in [-0.25, -0.2) is 16.8 Å². The lowest BCUT2D eigenvalue weighted by Crippen LogP contribution is -2.40. The van der Waals surface area contributed by atoms with Crippen molar-refractivity contribution in [3.05, 3.63) is 42.4 Å². The van der Waals surface area contributed by atoms with Crippen molar-refractivity contribution in [3.8, 4) is 11.5 Å². The number of sulfone groups is 1. The fourth-order valence-corrected chi connectivity index (χ4v) is 6.54. The number of hydrogen-bond donors (Lipinski definition) is 0. The monoisotopic (exact) mass is 415 g/mol. The molecule has 1 aromatic heterocycles. The van der Waals surface area contributed by atoms with Crippen molar-refractivity contribution in [1.29, 1.82) is 0 Å². The third-order valence-electron chi connectivity index (χ3n) is 4.47. The first-order valence-electron chi connectivity index (χ1n) is 8.23. The van der Waals surface area contributed by atoms with Crippen molar-refractivity contribution < 1.29 is 30.7 Å². The van der Waals surface area contributed by atoms with Crippen LogP contribution in [0.15, 0.2) is 45.9 Å². The molecule has 8 nitrogen and oxygen atoms in total. The van der Waals surface area contributed by atoms with Gasteiger partial charge in [0.15, 0.2) is 21.3 Å². The van der Waals surface area contributed by atoms with E-state index in [-0.39, 0.29) is 35.1 Å². The van der Waals surface area contributed by atoms with E-state index in [0.717, 1.165) is 0 Å². The van der Waals surface area contributed by atoms with Crippen molar-refractivity contribution >= 4 is 19.9 Å². The van der Waals surface area contributed by atoms with Gasteiger partial charge in [0.2, 0.25) is 10.0 Å². The number of furan rings is 1. The number of ether oxygens (including phenoxy) is 2. The highest BCUT2D eigenvalue weighted by Crippen LogP contribution is 2.33. The van der Waals surface area contributed by atoms with Crippen LogP contribution in [-0.4, -0.2) is 52.9 Å². The van der Waals surface area contributed by atoms with Gasteiger partial charge in [-0.2, -0.15) is 4.31 Å². The Morgan fingerprint density at radius 3 is 2.48 bits per heavy atom. The number of benzene rings is 1. The Labute approximate surface area is 158 Å². The van der Waals surface area contributed by atoms with E-state index >= 15 is 0 Å². The maximum Gasteiger partial charge on any atom is 0.243 e. The van der Waals surface area contributed by atoms with Crippen molar-refractivity contribution in [1.82, 2.24) is 4.31 Å². The van der Waals surface area contributed by atoms with Crippen LogP contribution >= 0.6 is 0 Å². The highest BCUT2D eigenvalue weighted by atomic mass is 32.2. The third kappa shape index (κ3) is 4.12. The van der Waals surface area contributed by atoms with E-state index in [2.05, 4.69) is 0 Å². The Morgan fingerprint density at radius 2 is 1.93 bits per heavy atom. The van der Waals surface area contributed by atoms with Crippen LogP contribution in [0.3, 0.4) is 0 Å². The van der Waals surface area contributed by atoms with Gasteiger partial charge in [0.25, 0.3) is 0 Å². The predicted molar refractivity (Wildman–Crippen MR) is 98.0 cm³/mol. The first kappa shape index (κ1) is 19.7. The molecule has 1 saturated heterocycles. The molecule has 1 aliphatic heterocycles. The van der Waals surface area contributed by atoms with Crippen molar-refractivity contribution in [2.45, 2.75) is 23.9 Å². The molecule has 0 amide bonds. The van der Waals surface area contributed by atoms with E-state index in [1.54, 1.807) is 12.1 Å². The topological polar surface area (TPSA) is 103 Å². The van der Waals surface area contributed by atoms with Gasteiger partial charge in [-0.3, -0.25) is 0 Å². The fraction of sp³-hybridized carbons (Fsp3) is 0.412. The zero-order valence-corrected chi connectivity index (χ0v) is 16.6. The number of methoxy groups -OCH3 is 2. The summed E-state index contributed by atoms with van der Waals surface area (Å²) in [6, 6.07) is 6.94. The molecule has 148 valence electrons. The molecular weight excluding hydrogens is 394 g/mol. The molecule has 2 heterocycles. The molecule has 2 aromatic rings. The molecule has 0 spiro atoms. The largest absolute Gasteiger partial charge is 0.493 e. The number of rotatable bonds is 7. The predicted octanol–water partition coefficient (Wildman–Crippen LogP) is 1.67. The smallest absolute Gasteiger partial charge is 0.243 e. The van der Waals surface area contributed by atoms with Crippen molar-refractivity contribution in [3.63, 3.8) is 0 Å². The molecule has 0 radical (unpaired) electrons. The quantitative estimate of drug-likeness (QED) is 0.678. The normalized spacial score (nSPS) is 19.3. The Kier molecular flexibility index (Phi) is 5.50. The second kappa shape index (κ2) is 7.53. The van der Waals surface area contributed by atoms with Crippen LogP contribution in [0, 0.1) is 0 Å². The van der Waals surface area contributed by atoms with Crippen LogP contribution in [0.1, 0.15) is 12.2 Å². The first-order valence-corrected chi connectivity index (χ1v) is 11.5. The third-order valence-corrected chi connectivity index (χ3v) is 8.11. The van der Waals surface area contributed by atoms with Crippen molar-refractivity contribution in [2.24, 2.45) is 0 Å². The second-order valence-corrected chi connectivity index (χ2v) is 10.3. The zero-order valence-electron chi connectivity index (χ0n) is 15.0. The summed E-state index contributed by atoms with van der Waals surface area (Å²) < 4.78 is 67.3. The lowest BCUT2D eigenvalue weighted by atomic mass is 10.2. The number of sulfonamides is 1. The molecule has 0 N–H and O–H groups in total. The van der Waals surface area contributed by atoms with Gasteiger partial charge >= 0.3 is 0 Å². The molecule has 3 rings (SSSR count). The minimum absolute atomic E-state index is 0.00370. The standard InChI is InChI=1S/C17H21NO7S2/c1-23-16-6-5-15(10-17(16)24-2)27(21,22)18(11-14-4-3-8-25-14)13-7-9-26(19,20)12-13/h3-6,8,10,13H,7,9,11-12H2,1-2H3/t13-/m0/s1. The van der Waals surface area contributed by atoms with Crippen LogP contribution in [0.5, 0.6) is 11.5 Å². The zero-order chi connectivity index (χ0) is 19.7. The van der Waals surface area contributed by atoms with Crippen LogP contribution in [0.2, 0.25) is 0 Å². The van der Waals surface area contributed by atoms with Gasteiger partial charge in [0.05, 0.1) is 43.4 Å². The number of hydrogen-bond acceptors (Lipinski definition) is 7. The Hall–Kier alpha value is -2.04. The molecule has 0 aliphatic carbocycles. The van der Waals surface area contributed by atoms with Gasteiger partial charge in [-0.15, -0.1) is 0 Å². The molecular formula is C17H21NO7S2. The van der Waals surface area contributed by atoms with E-state index in [9.17, 15) is 16.8 Å². The lowest BCUT2D eigenvalue weighted by Gasteiger charge is -2.26. The molecule has 1 fully saturated rings. The minimum Gasteiger partial charge on any atom is -0.493 e. The van der Waals surface area contributed by atoms with E-state index in [4.69, 9.17) is 13.9 Å². The maximum atomic E-state index is 13.3. The van der Waals surface area contributed by atoms with Crippen molar-refractivity contribution in [2.75, 3.05) is 25.7 Å². The molecule has 27 heavy (non-hydrogen) atoms. The van der Waals surface area contributed by atoms with Gasteiger partial charge in [0.1, 0.15) is 5.76 Å². The summed E-state index contributed by atoms with van der Waals surface area (Å²) in [5.41, 5.74) is 0. The van der Waals surface area contributed by atoms with Gasteiger partial charge in [-0.05, 0) is 30.7 Å². The molecule has 1 atom stereocenters. The highest BCUT2D eigenvalue weighted by molar-refractivity contribution is 7.92. The van der Waals surface area contributed by atoms with E-state index in [1.807, 2.05) is 0 Å². The Bertz CT molecular complexity index is 998. The summed E-state index contributed by atoms with van der Waals surface area (Å²) in [4.78, 5) is -0.00370. The number of nitrogens with zero attached hydrogens (tertiary/aromatic N) is 1. The molecule has 0 bridgehead atoms. The summed E-state index contributed by atoms with van der Waals surface area (Å²) in [6.45, 7) is -0.0517. The van der Waals surface area contributed by atoms with Crippen LogP contribution < -0.4 is 9.47 Å². The SMILES string of the molecule is COc1ccc(S(=O)(=O)N(Cc2ccco2)[C@H]2CCS(=O)(=O)C2)cc1OC. The van der Waals surface area contributed by atoms with Gasteiger partial charge in [0, 0.05) is 12.1 Å². The van der Waals surface area contributed by atoms with E-state index < -0.39 is 25.9 Å². The van der Waals surface area contributed by atoms with E-state index in [0.29, 0.717) is 11.5 Å². The first-order chi connectivity index (χ1) is 12.8. The molecule has 1 aromatic carbocycles. The van der Waals surface area contributed by atoms with Crippen LogP contribution in [0.4, 0.5) is 0 Å². The Morgan fingerprint density at radius 1 is 1.19 bits per heavy atom. The van der Waals surface area contributed by atoms with Gasteiger partial charge < -0.3 is 13.9 Å². The van der Waals surface area contributed by atoms with Crippen LogP contribution in [-0.2, 0) is 26.4 Å². The average molecular weight is 415 g/mol. The molecule has 0 unspecified atom stereocenters. The lowest BCUT2D eigenvalue weighted by molar-refractivity contribution is 0.306. The molecule has 1 aliphatic rings. The molecule has 10 heteroatoms. The second-order valence-electron chi connectivity index (χ2n) is 6.20. The molecule has 0 saturated carbocycles. The summed E-state index contributed by atoms with van der Waals surface area (Å²) in [5, 5.41) is 0. The minimum atomic E-state index is -4.00. The summed E-state index contributed by atoms with van der Waals surface area (Å²) in [5.74, 6) is 0.866. The van der Waals surface area contributed by atoms with Gasteiger partial charge in [-0.1, -0.05) is 0 Å². The summed E-state index contributed by atoms with van der Waals surface area (Å²) >= 11 is 0. The van der Waals surface area contributed by atoms with Crippen LogP contribution in [0.25, 0.3) is 0 Å². The Balaban J connectivity index is 2.02. The van der Waals surface area contributed by atoms with E-state index in [1.165, 1.54) is 43.0 Å². The highest BCUT2D eigenvalue weighted by Gasteiger charge is 2.39. The maximum absolute atomic E-state index is 13.3. The fourth-order valence-electron chi connectivity index (χ4n) is 3.08.